The summed E-state index contributed by atoms with van der Waals surface area (Å²) in [6.45, 7) is 3.16. The molecule has 0 saturated carbocycles. The predicted molar refractivity (Wildman–Crippen MR) is 120 cm³/mol. The lowest BCUT2D eigenvalue weighted by atomic mass is 9.84. The van der Waals surface area contributed by atoms with E-state index >= 15 is 0 Å². The van der Waals surface area contributed by atoms with Crippen LogP contribution in [0, 0.1) is 5.92 Å². The van der Waals surface area contributed by atoms with Gasteiger partial charge in [-0.2, -0.15) is 0 Å². The van der Waals surface area contributed by atoms with Crippen LogP contribution in [0.25, 0.3) is 5.57 Å². The zero-order valence-corrected chi connectivity index (χ0v) is 20.4. The minimum Gasteiger partial charge on any atom is -0.465 e. The Morgan fingerprint density at radius 2 is 1.73 bits per heavy atom. The average molecular weight is 535 g/mol. The molecule has 0 N–H and O–H groups in total. The molecule has 1 atom stereocenters. The Morgan fingerprint density at radius 1 is 1.10 bits per heavy atom. The van der Waals surface area contributed by atoms with Crippen molar-refractivity contribution < 1.29 is 9.53 Å². The summed E-state index contributed by atoms with van der Waals surface area (Å²) in [7, 11) is 0. The molecule has 12 heteroatoms. The van der Waals surface area contributed by atoms with Crippen molar-refractivity contribution in [3.63, 3.8) is 0 Å². The van der Waals surface area contributed by atoms with Crippen LogP contribution < -0.4 is 0 Å². The molecule has 30 heavy (non-hydrogen) atoms. The van der Waals surface area contributed by atoms with Crippen LogP contribution in [0.3, 0.4) is 0 Å². The van der Waals surface area contributed by atoms with Gasteiger partial charge in [0, 0.05) is 18.2 Å². The molecule has 164 valence electrons. The first kappa shape index (κ1) is 24.1. The highest BCUT2D eigenvalue weighted by atomic mass is 35.6. The van der Waals surface area contributed by atoms with E-state index in [-0.39, 0.29) is 35.9 Å². The molecule has 0 radical (unpaired) electrons. The van der Waals surface area contributed by atoms with Crippen LogP contribution in [0.15, 0.2) is 17.8 Å². The summed E-state index contributed by atoms with van der Waals surface area (Å²) in [5.74, 6) is -0.0158. The molecule has 2 heterocycles. The van der Waals surface area contributed by atoms with Gasteiger partial charge in [0.1, 0.15) is 6.54 Å². The Hall–Kier alpha value is -0.500. The minimum atomic E-state index is -1.90. The van der Waals surface area contributed by atoms with Gasteiger partial charge < -0.3 is 9.64 Å². The maximum atomic E-state index is 11.9. The number of aromatic nitrogens is 3. The van der Waals surface area contributed by atoms with E-state index in [0.29, 0.717) is 13.0 Å². The third-order valence-electron chi connectivity index (χ3n) is 4.74. The first-order valence-corrected chi connectivity index (χ1v) is 11.5. The number of esters is 1. The second-order valence-electron chi connectivity index (χ2n) is 6.86. The van der Waals surface area contributed by atoms with Crippen molar-refractivity contribution in [3.8, 4) is 0 Å². The molecule has 1 aromatic rings. The zero-order chi connectivity index (χ0) is 22.1. The Balaban J connectivity index is 1.94. The van der Waals surface area contributed by atoms with Gasteiger partial charge in [0.25, 0.3) is 0 Å². The molecule has 3 rings (SSSR count). The van der Waals surface area contributed by atoms with Crippen LogP contribution in [0.4, 0.5) is 0 Å². The number of hydrogen-bond donors (Lipinski definition) is 0. The average Bonchev–Trinajstić information content (AvgIpc) is 2.66. The standard InChI is InChI=1S/C18H18Cl6N4O2/c1-2-30-13(29)9-28-7-3-4-10-8-11(5-6-12(10)28)14-25-15(17(19,20)21)27-16(26-14)18(22,23)24/h5-6,10H,2-4,7-9H2,1H3. The molecule has 2 aliphatic rings. The lowest BCUT2D eigenvalue weighted by molar-refractivity contribution is -0.144. The van der Waals surface area contributed by atoms with Crippen molar-refractivity contribution in [1.82, 2.24) is 19.9 Å². The van der Waals surface area contributed by atoms with Gasteiger partial charge in [0.05, 0.1) is 6.61 Å². The van der Waals surface area contributed by atoms with Crippen molar-refractivity contribution in [2.45, 2.75) is 33.8 Å². The fraction of sp³-hybridized carbons (Fsp3) is 0.556. The number of nitrogens with zero attached hydrogens (tertiary/aromatic N) is 4. The van der Waals surface area contributed by atoms with Gasteiger partial charge in [-0.05, 0) is 37.8 Å². The number of carbonyl (C=O) groups excluding carboxylic acids is 1. The Kier molecular flexibility index (Phi) is 7.69. The van der Waals surface area contributed by atoms with Crippen molar-refractivity contribution in [1.29, 1.82) is 0 Å². The smallest absolute Gasteiger partial charge is 0.325 e. The van der Waals surface area contributed by atoms with E-state index in [9.17, 15) is 4.79 Å². The highest BCUT2D eigenvalue weighted by molar-refractivity contribution is 6.67. The maximum Gasteiger partial charge on any atom is 0.325 e. The van der Waals surface area contributed by atoms with Gasteiger partial charge in [-0.3, -0.25) is 4.79 Å². The highest BCUT2D eigenvalue weighted by Crippen LogP contribution is 2.42. The summed E-state index contributed by atoms with van der Waals surface area (Å²) in [5, 5.41) is 0. The van der Waals surface area contributed by atoms with Gasteiger partial charge in [-0.15, -0.1) is 0 Å². The summed E-state index contributed by atoms with van der Waals surface area (Å²) in [6.07, 6.45) is 6.37. The van der Waals surface area contributed by atoms with Crippen LogP contribution in [-0.2, 0) is 17.1 Å². The van der Waals surface area contributed by atoms with Crippen molar-refractivity contribution in [3.05, 3.63) is 35.3 Å². The van der Waals surface area contributed by atoms with E-state index in [2.05, 4.69) is 15.0 Å². The number of ether oxygens (including phenoxy) is 1. The second-order valence-corrected chi connectivity index (χ2v) is 11.4. The molecule has 6 nitrogen and oxygen atoms in total. The van der Waals surface area contributed by atoms with Crippen LogP contribution in [0.2, 0.25) is 0 Å². The predicted octanol–water partition coefficient (Wildman–Crippen LogP) is 5.47. The SMILES string of the molecule is CCOC(=O)CN1CCCC2CC(c3nc(C(Cl)(Cl)Cl)nc(C(Cl)(Cl)Cl)n3)=CC=C21. The molecule has 1 aliphatic heterocycles. The molecule has 1 fully saturated rings. The Labute approximate surface area is 204 Å². The zero-order valence-electron chi connectivity index (χ0n) is 15.8. The number of piperidine rings is 1. The van der Waals surface area contributed by atoms with E-state index in [4.69, 9.17) is 74.3 Å². The fourth-order valence-corrected chi connectivity index (χ4v) is 4.01. The number of hydrogen-bond acceptors (Lipinski definition) is 6. The third kappa shape index (κ3) is 5.84. The van der Waals surface area contributed by atoms with Crippen molar-refractivity contribution >= 4 is 81.1 Å². The minimum absolute atomic E-state index is 0.123. The molecular formula is C18H18Cl6N4O2. The van der Waals surface area contributed by atoms with Crippen LogP contribution in [0.1, 0.15) is 43.7 Å². The molecule has 0 amide bonds. The summed E-state index contributed by atoms with van der Waals surface area (Å²) in [6, 6.07) is 0. The largest absolute Gasteiger partial charge is 0.465 e. The lowest BCUT2D eigenvalue weighted by Gasteiger charge is -2.38. The van der Waals surface area contributed by atoms with Crippen LogP contribution >= 0.6 is 69.6 Å². The number of alkyl halides is 6. The van der Waals surface area contributed by atoms with Crippen LogP contribution in [0.5, 0.6) is 0 Å². The van der Waals surface area contributed by atoms with Gasteiger partial charge in [-0.25, -0.2) is 15.0 Å². The Bertz CT molecular complexity index is 846. The number of rotatable bonds is 4. The normalized spacial score (nSPS) is 19.7. The number of fused-ring (bicyclic) bond motifs is 1. The third-order valence-corrected chi connectivity index (χ3v) is 5.75. The van der Waals surface area contributed by atoms with Gasteiger partial charge in [0.2, 0.25) is 7.59 Å². The molecular weight excluding hydrogens is 517 g/mol. The lowest BCUT2D eigenvalue weighted by Crippen LogP contribution is -2.38. The number of likely N-dealkylation sites (tertiary alicyclic amines) is 1. The quantitative estimate of drug-likeness (QED) is 0.377. The van der Waals surface area contributed by atoms with E-state index < -0.39 is 7.59 Å². The van der Waals surface area contributed by atoms with E-state index in [0.717, 1.165) is 30.7 Å². The number of halogens is 6. The molecule has 1 unspecified atom stereocenters. The van der Waals surface area contributed by atoms with E-state index in [1.165, 1.54) is 0 Å². The summed E-state index contributed by atoms with van der Waals surface area (Å²) in [4.78, 5) is 26.6. The molecule has 0 spiro atoms. The molecule has 1 saturated heterocycles. The maximum absolute atomic E-state index is 11.9. The summed E-state index contributed by atoms with van der Waals surface area (Å²) >= 11 is 35.8. The molecule has 0 bridgehead atoms. The van der Waals surface area contributed by atoms with Crippen molar-refractivity contribution in [2.75, 3.05) is 19.7 Å². The first-order chi connectivity index (χ1) is 14.0. The second kappa shape index (κ2) is 9.55. The van der Waals surface area contributed by atoms with Gasteiger partial charge >= 0.3 is 5.97 Å². The number of carbonyl (C=O) groups is 1. The molecule has 0 aromatic carbocycles. The van der Waals surface area contributed by atoms with Crippen molar-refractivity contribution in [2.24, 2.45) is 5.92 Å². The highest BCUT2D eigenvalue weighted by Gasteiger charge is 2.35. The summed E-state index contributed by atoms with van der Waals surface area (Å²) in [5.41, 5.74) is 1.88. The van der Waals surface area contributed by atoms with E-state index in [1.54, 1.807) is 6.92 Å². The number of allylic oxidation sites excluding steroid dienone is 4. The molecule has 1 aromatic heterocycles. The first-order valence-electron chi connectivity index (χ1n) is 9.21. The van der Waals surface area contributed by atoms with Gasteiger partial charge in [0.15, 0.2) is 17.5 Å². The summed E-state index contributed by atoms with van der Waals surface area (Å²) < 4.78 is 1.27. The molecule has 1 aliphatic carbocycles. The van der Waals surface area contributed by atoms with E-state index in [1.807, 2.05) is 17.1 Å². The topological polar surface area (TPSA) is 68.2 Å². The fourth-order valence-electron chi connectivity index (χ4n) is 3.50. The Morgan fingerprint density at radius 3 is 2.30 bits per heavy atom. The monoisotopic (exact) mass is 532 g/mol. The van der Waals surface area contributed by atoms with Crippen LogP contribution in [-0.4, -0.2) is 45.5 Å². The van der Waals surface area contributed by atoms with Gasteiger partial charge in [-0.1, -0.05) is 75.7 Å².